The Morgan fingerprint density at radius 3 is 2.69 bits per heavy atom. The standard InChI is InChI=1S/C13H23NO2/c1-4-6-7-8-9-12(16)14-13(3,5-2)10-11-15/h1,15H,5-11H2,2-3H3,(H,14,16). The van der Waals surface area contributed by atoms with Crippen molar-refractivity contribution >= 4 is 5.91 Å². The van der Waals surface area contributed by atoms with Crippen molar-refractivity contribution in [3.8, 4) is 12.3 Å². The SMILES string of the molecule is C#CCCCCC(=O)NC(C)(CC)CCO. The Hall–Kier alpha value is -1.01. The first-order chi connectivity index (χ1) is 7.58. The predicted molar refractivity (Wildman–Crippen MR) is 65.8 cm³/mol. The van der Waals surface area contributed by atoms with Gasteiger partial charge in [-0.2, -0.15) is 0 Å². The third-order valence-corrected chi connectivity index (χ3v) is 2.86. The molecule has 0 radical (unpaired) electrons. The van der Waals surface area contributed by atoms with Crippen LogP contribution in [-0.2, 0) is 4.79 Å². The highest BCUT2D eigenvalue weighted by molar-refractivity contribution is 5.76. The van der Waals surface area contributed by atoms with Crippen LogP contribution >= 0.6 is 0 Å². The van der Waals surface area contributed by atoms with Crippen molar-refractivity contribution < 1.29 is 9.90 Å². The molecule has 3 nitrogen and oxygen atoms in total. The van der Waals surface area contributed by atoms with Crippen molar-refractivity contribution in [3.05, 3.63) is 0 Å². The number of aliphatic hydroxyl groups is 1. The number of hydrogen-bond donors (Lipinski definition) is 2. The van der Waals surface area contributed by atoms with Crippen LogP contribution in [-0.4, -0.2) is 23.2 Å². The first-order valence-corrected chi connectivity index (χ1v) is 5.93. The largest absolute Gasteiger partial charge is 0.396 e. The summed E-state index contributed by atoms with van der Waals surface area (Å²) in [7, 11) is 0. The third-order valence-electron chi connectivity index (χ3n) is 2.86. The van der Waals surface area contributed by atoms with Crippen LogP contribution in [0.2, 0.25) is 0 Å². The highest BCUT2D eigenvalue weighted by atomic mass is 16.3. The average molecular weight is 225 g/mol. The fourth-order valence-corrected chi connectivity index (χ4v) is 1.49. The lowest BCUT2D eigenvalue weighted by Gasteiger charge is -2.29. The Labute approximate surface area is 98.6 Å². The lowest BCUT2D eigenvalue weighted by Crippen LogP contribution is -2.46. The van der Waals surface area contributed by atoms with Gasteiger partial charge >= 0.3 is 0 Å². The molecule has 1 atom stereocenters. The molecule has 0 saturated heterocycles. The van der Waals surface area contributed by atoms with Gasteiger partial charge in [0.05, 0.1) is 0 Å². The van der Waals surface area contributed by atoms with E-state index in [4.69, 9.17) is 11.5 Å². The third kappa shape index (κ3) is 6.47. The second kappa shape index (κ2) is 8.18. The van der Waals surface area contributed by atoms with Gasteiger partial charge in [-0.15, -0.1) is 12.3 Å². The van der Waals surface area contributed by atoms with Gasteiger partial charge < -0.3 is 10.4 Å². The van der Waals surface area contributed by atoms with E-state index in [1.165, 1.54) is 0 Å². The zero-order chi connectivity index (χ0) is 12.4. The molecule has 1 unspecified atom stereocenters. The summed E-state index contributed by atoms with van der Waals surface area (Å²) in [6, 6.07) is 0. The number of aliphatic hydroxyl groups excluding tert-OH is 1. The average Bonchev–Trinajstić information content (AvgIpc) is 2.25. The summed E-state index contributed by atoms with van der Waals surface area (Å²) in [5.41, 5.74) is -0.280. The monoisotopic (exact) mass is 225 g/mol. The van der Waals surface area contributed by atoms with Gasteiger partial charge in [0.15, 0.2) is 0 Å². The Balaban J connectivity index is 3.88. The first-order valence-electron chi connectivity index (χ1n) is 5.93. The molecule has 92 valence electrons. The molecule has 0 fully saturated rings. The molecule has 16 heavy (non-hydrogen) atoms. The Morgan fingerprint density at radius 1 is 1.50 bits per heavy atom. The second-order valence-corrected chi connectivity index (χ2v) is 4.35. The number of carbonyl (C=O) groups excluding carboxylic acids is 1. The molecule has 0 aromatic rings. The fraction of sp³-hybridized carbons (Fsp3) is 0.769. The minimum absolute atomic E-state index is 0.0508. The van der Waals surface area contributed by atoms with E-state index < -0.39 is 0 Å². The highest BCUT2D eigenvalue weighted by Gasteiger charge is 2.22. The lowest BCUT2D eigenvalue weighted by molar-refractivity contribution is -0.123. The second-order valence-electron chi connectivity index (χ2n) is 4.35. The van der Waals surface area contributed by atoms with E-state index in [-0.39, 0.29) is 18.1 Å². The van der Waals surface area contributed by atoms with Crippen molar-refractivity contribution in [2.24, 2.45) is 0 Å². The number of hydrogen-bond acceptors (Lipinski definition) is 2. The normalized spacial score (nSPS) is 13.9. The smallest absolute Gasteiger partial charge is 0.220 e. The molecule has 1 amide bonds. The Bertz CT molecular complexity index is 245. The molecule has 0 bridgehead atoms. The minimum atomic E-state index is -0.280. The zero-order valence-electron chi connectivity index (χ0n) is 10.4. The topological polar surface area (TPSA) is 49.3 Å². The van der Waals surface area contributed by atoms with Gasteiger partial charge in [0.25, 0.3) is 0 Å². The van der Waals surface area contributed by atoms with Crippen molar-refractivity contribution in [2.75, 3.05) is 6.61 Å². The Kier molecular flexibility index (Phi) is 7.66. The molecular weight excluding hydrogens is 202 g/mol. The van der Waals surface area contributed by atoms with Gasteiger partial charge in [0, 0.05) is 25.0 Å². The Morgan fingerprint density at radius 2 is 2.19 bits per heavy atom. The molecular formula is C13H23NO2. The fourth-order valence-electron chi connectivity index (χ4n) is 1.49. The van der Waals surface area contributed by atoms with E-state index in [0.29, 0.717) is 12.8 Å². The van der Waals surface area contributed by atoms with E-state index in [0.717, 1.165) is 25.7 Å². The van der Waals surface area contributed by atoms with Gasteiger partial charge in [-0.3, -0.25) is 4.79 Å². The minimum Gasteiger partial charge on any atom is -0.396 e. The van der Waals surface area contributed by atoms with E-state index in [1.54, 1.807) is 0 Å². The number of amides is 1. The molecule has 0 rings (SSSR count). The number of rotatable bonds is 8. The number of nitrogens with one attached hydrogen (secondary N) is 1. The van der Waals surface area contributed by atoms with Crippen LogP contribution in [0.4, 0.5) is 0 Å². The molecule has 0 spiro atoms. The first kappa shape index (κ1) is 15.0. The molecule has 0 aliphatic heterocycles. The highest BCUT2D eigenvalue weighted by Crippen LogP contribution is 2.14. The van der Waals surface area contributed by atoms with Crippen LogP contribution in [0.5, 0.6) is 0 Å². The van der Waals surface area contributed by atoms with E-state index in [9.17, 15) is 4.79 Å². The van der Waals surface area contributed by atoms with Gasteiger partial charge in [0.1, 0.15) is 0 Å². The van der Waals surface area contributed by atoms with E-state index in [2.05, 4.69) is 11.2 Å². The van der Waals surface area contributed by atoms with E-state index in [1.807, 2.05) is 13.8 Å². The molecule has 3 heteroatoms. The van der Waals surface area contributed by atoms with Crippen LogP contribution in [0.1, 0.15) is 52.4 Å². The summed E-state index contributed by atoms with van der Waals surface area (Å²) in [5, 5.41) is 11.9. The van der Waals surface area contributed by atoms with Gasteiger partial charge in [-0.05, 0) is 32.6 Å². The molecule has 0 aliphatic carbocycles. The van der Waals surface area contributed by atoms with Crippen molar-refractivity contribution in [3.63, 3.8) is 0 Å². The summed E-state index contributed by atoms with van der Waals surface area (Å²) >= 11 is 0. The van der Waals surface area contributed by atoms with Gasteiger partial charge in [-0.1, -0.05) is 6.92 Å². The van der Waals surface area contributed by atoms with Crippen LogP contribution in [0.3, 0.4) is 0 Å². The number of unbranched alkanes of at least 4 members (excludes halogenated alkanes) is 2. The molecule has 0 aromatic carbocycles. The van der Waals surface area contributed by atoms with Crippen LogP contribution in [0.25, 0.3) is 0 Å². The number of terminal acetylenes is 1. The molecule has 0 heterocycles. The number of carbonyl (C=O) groups is 1. The van der Waals surface area contributed by atoms with Crippen LogP contribution < -0.4 is 5.32 Å². The summed E-state index contributed by atoms with van der Waals surface area (Å²) in [5.74, 6) is 2.61. The van der Waals surface area contributed by atoms with E-state index >= 15 is 0 Å². The molecule has 0 saturated carbocycles. The maximum absolute atomic E-state index is 11.6. The summed E-state index contributed by atoms with van der Waals surface area (Å²) in [6.45, 7) is 4.07. The van der Waals surface area contributed by atoms with Crippen LogP contribution in [0, 0.1) is 12.3 Å². The summed E-state index contributed by atoms with van der Waals surface area (Å²) < 4.78 is 0. The van der Waals surface area contributed by atoms with Gasteiger partial charge in [0.2, 0.25) is 5.91 Å². The lowest BCUT2D eigenvalue weighted by atomic mass is 9.94. The van der Waals surface area contributed by atoms with Gasteiger partial charge in [-0.25, -0.2) is 0 Å². The maximum atomic E-state index is 11.6. The van der Waals surface area contributed by atoms with Crippen molar-refractivity contribution in [1.82, 2.24) is 5.32 Å². The molecule has 0 aromatic heterocycles. The zero-order valence-corrected chi connectivity index (χ0v) is 10.4. The predicted octanol–water partition coefficient (Wildman–Crippen LogP) is 1.85. The summed E-state index contributed by atoms with van der Waals surface area (Å²) in [4.78, 5) is 11.6. The maximum Gasteiger partial charge on any atom is 0.220 e. The summed E-state index contributed by atoms with van der Waals surface area (Å²) in [6.07, 6.45) is 9.52. The van der Waals surface area contributed by atoms with Crippen molar-refractivity contribution in [2.45, 2.75) is 57.9 Å². The quantitative estimate of drug-likeness (QED) is 0.489. The molecule has 0 aliphatic rings. The van der Waals surface area contributed by atoms with Crippen molar-refractivity contribution in [1.29, 1.82) is 0 Å². The van der Waals surface area contributed by atoms with Crippen LogP contribution in [0.15, 0.2) is 0 Å². The molecule has 2 N–H and O–H groups in total.